The van der Waals surface area contributed by atoms with Crippen LogP contribution < -0.4 is 0 Å². The van der Waals surface area contributed by atoms with Gasteiger partial charge in [0.05, 0.1) is 0 Å². The fourth-order valence-corrected chi connectivity index (χ4v) is 4.10. The van der Waals surface area contributed by atoms with Crippen molar-refractivity contribution in [1.29, 1.82) is 0 Å². The fourth-order valence-electron chi connectivity index (χ4n) is 4.10. The topological polar surface area (TPSA) is 82.4 Å². The summed E-state index contributed by atoms with van der Waals surface area (Å²) >= 11 is 0. The Morgan fingerprint density at radius 3 is 2.76 bits per heavy atom. The zero-order valence-electron chi connectivity index (χ0n) is 19.2. The summed E-state index contributed by atoms with van der Waals surface area (Å²) in [5.41, 5.74) is 1.24. The Hall–Kier alpha value is -3.63. The Bertz CT molecular complexity index is 1260. The first-order valence-electron chi connectivity index (χ1n) is 10.9. The molecule has 0 saturated heterocycles. The first-order valence-corrected chi connectivity index (χ1v) is 10.9. The van der Waals surface area contributed by atoms with Crippen LogP contribution in [0.4, 0.5) is 13.2 Å². The molecule has 0 radical (unpaired) electrons. The predicted molar refractivity (Wildman–Crippen MR) is 124 cm³/mol. The van der Waals surface area contributed by atoms with Crippen molar-refractivity contribution >= 4 is 29.2 Å². The maximum absolute atomic E-state index is 13.9. The molecular weight excluding hydrogens is 447 g/mol. The molecule has 0 unspecified atom stereocenters. The van der Waals surface area contributed by atoms with E-state index in [-0.39, 0.29) is 30.5 Å². The molecule has 0 atom stereocenters. The smallest absolute Gasteiger partial charge is 0.346 e. The van der Waals surface area contributed by atoms with E-state index >= 15 is 0 Å². The van der Waals surface area contributed by atoms with Gasteiger partial charge in [-0.25, -0.2) is 4.98 Å². The molecule has 1 amide bonds. The molecule has 0 aliphatic carbocycles. The summed E-state index contributed by atoms with van der Waals surface area (Å²) in [6.07, 6.45) is 2.21. The molecule has 0 fully saturated rings. The van der Waals surface area contributed by atoms with E-state index in [1.165, 1.54) is 22.1 Å². The fraction of sp³-hybridized carbons (Fsp3) is 0.391. The van der Waals surface area contributed by atoms with Crippen molar-refractivity contribution in [3.8, 4) is 11.1 Å². The molecule has 1 aliphatic rings. The second-order valence-electron chi connectivity index (χ2n) is 8.56. The number of H-pyrrole nitrogens is 1. The maximum atomic E-state index is 13.9. The number of halogens is 3. The van der Waals surface area contributed by atoms with Crippen LogP contribution in [0.5, 0.6) is 0 Å². The number of hydrazone groups is 1. The van der Waals surface area contributed by atoms with Crippen molar-refractivity contribution in [3.05, 3.63) is 42.1 Å². The molecule has 1 N–H and O–H groups in total. The van der Waals surface area contributed by atoms with Gasteiger partial charge in [-0.1, -0.05) is 0 Å². The van der Waals surface area contributed by atoms with E-state index in [1.807, 2.05) is 13.8 Å². The quantitative estimate of drug-likeness (QED) is 0.453. The van der Waals surface area contributed by atoms with E-state index < -0.39 is 11.9 Å². The van der Waals surface area contributed by atoms with E-state index in [1.54, 1.807) is 30.4 Å². The SMILES string of the molecule is C=NN(C)/C=C1\CN(C(C)C)C(=O)CCCn2cc(c(C(F)(F)F)n2)-c2c[nH]c3ncc1cc23. The van der Waals surface area contributed by atoms with Crippen molar-refractivity contribution < 1.29 is 18.0 Å². The first kappa shape index (κ1) is 23.5. The van der Waals surface area contributed by atoms with Crippen molar-refractivity contribution in [2.45, 2.75) is 45.5 Å². The molecule has 0 aromatic carbocycles. The van der Waals surface area contributed by atoms with Gasteiger partial charge in [0.1, 0.15) is 5.65 Å². The minimum Gasteiger partial charge on any atom is -0.346 e. The largest absolute Gasteiger partial charge is 0.435 e. The van der Waals surface area contributed by atoms with Gasteiger partial charge in [-0.05, 0) is 31.9 Å². The average Bonchev–Trinajstić information content (AvgIpc) is 3.38. The lowest BCUT2D eigenvalue weighted by Crippen LogP contribution is -2.38. The van der Waals surface area contributed by atoms with Crippen molar-refractivity contribution in [2.75, 3.05) is 13.6 Å². The van der Waals surface area contributed by atoms with Gasteiger partial charge in [-0.3, -0.25) is 14.5 Å². The monoisotopic (exact) mass is 473 g/mol. The number of carbonyl (C=O) groups excluding carboxylic acids is 1. The first-order chi connectivity index (χ1) is 16.1. The zero-order chi connectivity index (χ0) is 24.6. The van der Waals surface area contributed by atoms with Gasteiger partial charge in [0, 0.05) is 86.2 Å². The number of nitrogens with zero attached hydrogens (tertiary/aromatic N) is 6. The van der Waals surface area contributed by atoms with E-state index in [2.05, 4.69) is 26.9 Å². The molecule has 3 aromatic rings. The summed E-state index contributed by atoms with van der Waals surface area (Å²) in [7, 11) is 1.71. The number of rotatable bonds is 3. The van der Waals surface area contributed by atoms with Crippen LogP contribution in [0.15, 0.2) is 36.0 Å². The molecule has 4 rings (SSSR count). The van der Waals surface area contributed by atoms with Gasteiger partial charge in [0.2, 0.25) is 5.91 Å². The summed E-state index contributed by atoms with van der Waals surface area (Å²) in [4.78, 5) is 22.2. The lowest BCUT2D eigenvalue weighted by atomic mass is 10.0. The summed E-state index contributed by atoms with van der Waals surface area (Å²) < 4.78 is 42.8. The van der Waals surface area contributed by atoms with Crippen molar-refractivity contribution in [3.63, 3.8) is 0 Å². The normalized spacial score (nSPS) is 16.5. The van der Waals surface area contributed by atoms with Crippen LogP contribution in [0.1, 0.15) is 37.9 Å². The van der Waals surface area contributed by atoms with Crippen LogP contribution in [0.2, 0.25) is 0 Å². The Morgan fingerprint density at radius 2 is 2.09 bits per heavy atom. The van der Waals surface area contributed by atoms with Gasteiger partial charge in [-0.2, -0.15) is 23.4 Å². The third kappa shape index (κ3) is 4.55. The summed E-state index contributed by atoms with van der Waals surface area (Å²) in [6, 6.07) is 1.70. The van der Waals surface area contributed by atoms with Crippen LogP contribution in [0.25, 0.3) is 27.7 Å². The van der Waals surface area contributed by atoms with Crippen molar-refractivity contribution in [1.82, 2.24) is 29.7 Å². The molecule has 3 aromatic heterocycles. The third-order valence-electron chi connectivity index (χ3n) is 5.85. The highest BCUT2D eigenvalue weighted by atomic mass is 19.4. The van der Waals surface area contributed by atoms with Crippen molar-refractivity contribution in [2.24, 2.45) is 5.10 Å². The molecule has 180 valence electrons. The number of nitrogens with one attached hydrogen (secondary N) is 1. The third-order valence-corrected chi connectivity index (χ3v) is 5.85. The predicted octanol–water partition coefficient (Wildman–Crippen LogP) is 4.36. The lowest BCUT2D eigenvalue weighted by molar-refractivity contribution is -0.141. The number of aryl methyl sites for hydroxylation is 1. The van der Waals surface area contributed by atoms with Gasteiger partial charge in [0.25, 0.3) is 0 Å². The Labute approximate surface area is 194 Å². The number of hydrogen-bond donors (Lipinski definition) is 1. The van der Waals surface area contributed by atoms with E-state index in [4.69, 9.17) is 0 Å². The van der Waals surface area contributed by atoms with Crippen LogP contribution in [-0.4, -0.2) is 61.9 Å². The van der Waals surface area contributed by atoms with Gasteiger partial charge < -0.3 is 9.88 Å². The number of pyridine rings is 1. The highest BCUT2D eigenvalue weighted by Crippen LogP contribution is 2.39. The van der Waals surface area contributed by atoms with E-state index in [0.717, 1.165) is 5.57 Å². The number of amides is 1. The van der Waals surface area contributed by atoms with Crippen LogP contribution in [-0.2, 0) is 17.5 Å². The van der Waals surface area contributed by atoms with E-state index in [9.17, 15) is 18.0 Å². The van der Waals surface area contributed by atoms with Gasteiger partial charge >= 0.3 is 6.18 Å². The molecule has 8 nitrogen and oxygen atoms in total. The second-order valence-corrected chi connectivity index (χ2v) is 8.56. The second kappa shape index (κ2) is 8.96. The standard InChI is InChI=1S/C23H26F3N7O/c1-14(2)33-12-16(11-31(4)27-3)15-8-17-18(10-29-22(17)28-9-15)19-13-32(7-5-6-20(33)34)30-21(19)23(24,25)26/h8-11,13-14H,3,5-7,12H2,1-2,4H3,(H,28,29)/b16-11+. The summed E-state index contributed by atoms with van der Waals surface area (Å²) in [5, 5.41) is 9.76. The summed E-state index contributed by atoms with van der Waals surface area (Å²) in [6.45, 7) is 7.87. The Balaban J connectivity index is 1.95. The minimum atomic E-state index is -4.63. The maximum Gasteiger partial charge on any atom is 0.435 e. The summed E-state index contributed by atoms with van der Waals surface area (Å²) in [5.74, 6) is -0.0908. The molecule has 11 heteroatoms. The highest BCUT2D eigenvalue weighted by Gasteiger charge is 2.38. The zero-order valence-corrected chi connectivity index (χ0v) is 19.2. The molecule has 0 spiro atoms. The average molecular weight is 474 g/mol. The molecule has 4 heterocycles. The van der Waals surface area contributed by atoms with Crippen LogP contribution in [0.3, 0.4) is 0 Å². The Kier molecular flexibility index (Phi) is 6.20. The molecule has 34 heavy (non-hydrogen) atoms. The molecule has 4 bridgehead atoms. The number of fused-ring (bicyclic) bond motifs is 4. The molecule has 0 saturated carbocycles. The number of carbonyl (C=O) groups is 1. The molecule has 1 aliphatic heterocycles. The Morgan fingerprint density at radius 1 is 1.32 bits per heavy atom. The van der Waals surface area contributed by atoms with Crippen LogP contribution in [0, 0.1) is 0 Å². The van der Waals surface area contributed by atoms with Gasteiger partial charge in [-0.15, -0.1) is 0 Å². The number of hydrogen-bond acceptors (Lipinski definition) is 5. The van der Waals surface area contributed by atoms with Crippen LogP contribution >= 0.6 is 0 Å². The minimum absolute atomic E-state index is 0.0275. The number of aromatic amines is 1. The lowest BCUT2D eigenvalue weighted by Gasteiger charge is -2.28. The number of aromatic nitrogens is 4. The molecular formula is C23H26F3N7O. The van der Waals surface area contributed by atoms with Gasteiger partial charge in [0.15, 0.2) is 5.69 Å². The van der Waals surface area contributed by atoms with E-state index in [0.29, 0.717) is 35.1 Å². The number of alkyl halides is 3. The highest BCUT2D eigenvalue weighted by molar-refractivity contribution is 5.96.